The summed E-state index contributed by atoms with van der Waals surface area (Å²) in [4.78, 5) is 25.4. The molecule has 160 valence electrons. The Morgan fingerprint density at radius 1 is 1.10 bits per heavy atom. The van der Waals surface area contributed by atoms with Crippen LogP contribution in [0.15, 0.2) is 59.8 Å². The molecule has 2 aromatic carbocycles. The maximum absolute atomic E-state index is 12.6. The SMILES string of the molecule is O=C(CSc1nnc(CN2CCOCC2)n1-c1ccccc1)c1cccc([N+](=O)[O-])c1. The van der Waals surface area contributed by atoms with Crippen molar-refractivity contribution in [3.63, 3.8) is 0 Å². The standard InChI is InChI=1S/C21H21N5O4S/c27-19(16-5-4-8-18(13-16)26(28)29)15-31-21-23-22-20(14-24-9-11-30-12-10-24)25(21)17-6-2-1-3-7-17/h1-8,13H,9-12,14-15H2. The summed E-state index contributed by atoms with van der Waals surface area (Å²) in [5.41, 5.74) is 1.12. The van der Waals surface area contributed by atoms with Gasteiger partial charge in [-0.05, 0) is 12.1 Å². The minimum atomic E-state index is -0.506. The monoisotopic (exact) mass is 439 g/mol. The highest BCUT2D eigenvalue weighted by atomic mass is 32.2. The second-order valence-electron chi connectivity index (χ2n) is 6.98. The number of non-ortho nitro benzene ring substituents is 1. The van der Waals surface area contributed by atoms with Crippen LogP contribution < -0.4 is 0 Å². The molecule has 0 atom stereocenters. The fraction of sp³-hybridized carbons (Fsp3) is 0.286. The van der Waals surface area contributed by atoms with Crippen LogP contribution in [-0.4, -0.2) is 62.4 Å². The van der Waals surface area contributed by atoms with E-state index in [0.29, 0.717) is 30.5 Å². The number of ether oxygens (including phenoxy) is 1. The topological polar surface area (TPSA) is 103 Å². The molecule has 0 N–H and O–H groups in total. The summed E-state index contributed by atoms with van der Waals surface area (Å²) in [5, 5.41) is 20.3. The third kappa shape index (κ3) is 5.16. The van der Waals surface area contributed by atoms with Crippen molar-refractivity contribution < 1.29 is 14.5 Å². The van der Waals surface area contributed by atoms with E-state index in [4.69, 9.17) is 4.74 Å². The van der Waals surface area contributed by atoms with Crippen LogP contribution in [0.5, 0.6) is 0 Å². The summed E-state index contributed by atoms with van der Waals surface area (Å²) in [5.74, 6) is 0.688. The van der Waals surface area contributed by atoms with Crippen LogP contribution in [0.2, 0.25) is 0 Å². The molecule has 0 amide bonds. The van der Waals surface area contributed by atoms with Gasteiger partial charge in [0.1, 0.15) is 0 Å². The number of nitrogens with zero attached hydrogens (tertiary/aromatic N) is 5. The fourth-order valence-corrected chi connectivity index (χ4v) is 4.16. The van der Waals surface area contributed by atoms with E-state index in [0.717, 1.165) is 24.6 Å². The molecule has 3 aromatic rings. The molecule has 1 aromatic heterocycles. The van der Waals surface area contributed by atoms with Crippen LogP contribution >= 0.6 is 11.8 Å². The zero-order valence-electron chi connectivity index (χ0n) is 16.7. The van der Waals surface area contributed by atoms with Crippen LogP contribution in [-0.2, 0) is 11.3 Å². The van der Waals surface area contributed by atoms with Crippen molar-refractivity contribution in [2.45, 2.75) is 11.7 Å². The first-order chi connectivity index (χ1) is 15.1. The van der Waals surface area contributed by atoms with Crippen LogP contribution in [0.4, 0.5) is 5.69 Å². The summed E-state index contributed by atoms with van der Waals surface area (Å²) in [7, 11) is 0. The number of para-hydroxylation sites is 1. The van der Waals surface area contributed by atoms with Gasteiger partial charge in [-0.3, -0.25) is 24.4 Å². The van der Waals surface area contributed by atoms with Crippen molar-refractivity contribution in [1.82, 2.24) is 19.7 Å². The minimum absolute atomic E-state index is 0.101. The number of aromatic nitrogens is 3. The Morgan fingerprint density at radius 3 is 2.61 bits per heavy atom. The van der Waals surface area contributed by atoms with E-state index in [1.807, 2.05) is 34.9 Å². The van der Waals surface area contributed by atoms with Crippen LogP contribution in [0.1, 0.15) is 16.2 Å². The zero-order chi connectivity index (χ0) is 21.6. The molecule has 0 unspecified atom stereocenters. The third-order valence-electron chi connectivity index (χ3n) is 4.89. The van der Waals surface area contributed by atoms with Crippen molar-refractivity contribution in [2.75, 3.05) is 32.1 Å². The Labute approximate surface area is 183 Å². The number of carbonyl (C=O) groups is 1. The smallest absolute Gasteiger partial charge is 0.270 e. The molecule has 0 bridgehead atoms. The lowest BCUT2D eigenvalue weighted by Gasteiger charge is -2.26. The van der Waals surface area contributed by atoms with Gasteiger partial charge in [0.2, 0.25) is 0 Å². The summed E-state index contributed by atoms with van der Waals surface area (Å²) in [6.07, 6.45) is 0. The molecule has 1 aliphatic heterocycles. The highest BCUT2D eigenvalue weighted by molar-refractivity contribution is 7.99. The summed E-state index contributed by atoms with van der Waals surface area (Å²) < 4.78 is 7.38. The predicted molar refractivity (Wildman–Crippen MR) is 116 cm³/mol. The molecule has 1 fully saturated rings. The van der Waals surface area contributed by atoms with Gasteiger partial charge >= 0.3 is 0 Å². The van der Waals surface area contributed by atoms with E-state index in [1.165, 1.54) is 30.0 Å². The summed E-state index contributed by atoms with van der Waals surface area (Å²) >= 11 is 1.27. The van der Waals surface area contributed by atoms with Crippen LogP contribution in [0.25, 0.3) is 5.69 Å². The lowest BCUT2D eigenvalue weighted by Crippen LogP contribution is -2.36. The van der Waals surface area contributed by atoms with Crippen molar-refractivity contribution >= 4 is 23.2 Å². The van der Waals surface area contributed by atoms with E-state index in [9.17, 15) is 14.9 Å². The first kappa shape index (κ1) is 21.2. The third-order valence-corrected chi connectivity index (χ3v) is 5.82. The van der Waals surface area contributed by atoms with E-state index in [-0.39, 0.29) is 17.2 Å². The quantitative estimate of drug-likeness (QED) is 0.228. The average molecular weight is 439 g/mol. The zero-order valence-corrected chi connectivity index (χ0v) is 17.5. The normalized spacial score (nSPS) is 14.5. The summed E-state index contributed by atoms with van der Waals surface area (Å²) in [6.45, 7) is 3.67. The molecule has 0 saturated carbocycles. The lowest BCUT2D eigenvalue weighted by molar-refractivity contribution is -0.384. The second-order valence-corrected chi connectivity index (χ2v) is 7.92. The number of hydrogen-bond acceptors (Lipinski definition) is 8. The molecule has 1 aliphatic rings. The molecule has 10 heteroatoms. The lowest BCUT2D eigenvalue weighted by atomic mass is 10.1. The Hall–Kier alpha value is -3.08. The van der Waals surface area contributed by atoms with E-state index in [1.54, 1.807) is 6.07 Å². The summed E-state index contributed by atoms with van der Waals surface area (Å²) in [6, 6.07) is 15.5. The van der Waals surface area contributed by atoms with Gasteiger partial charge in [0.15, 0.2) is 16.8 Å². The maximum atomic E-state index is 12.6. The highest BCUT2D eigenvalue weighted by Gasteiger charge is 2.20. The number of nitro groups is 1. The van der Waals surface area contributed by atoms with Gasteiger partial charge in [-0.2, -0.15) is 0 Å². The highest BCUT2D eigenvalue weighted by Crippen LogP contribution is 2.24. The first-order valence-electron chi connectivity index (χ1n) is 9.82. The van der Waals surface area contributed by atoms with Crippen molar-refractivity contribution in [1.29, 1.82) is 0 Å². The van der Waals surface area contributed by atoms with Crippen molar-refractivity contribution in [2.24, 2.45) is 0 Å². The minimum Gasteiger partial charge on any atom is -0.379 e. The number of ketones is 1. The Kier molecular flexibility index (Phi) is 6.70. The number of rotatable bonds is 8. The molecule has 4 rings (SSSR count). The number of benzene rings is 2. The Morgan fingerprint density at radius 2 is 1.87 bits per heavy atom. The van der Waals surface area contributed by atoms with Gasteiger partial charge in [-0.15, -0.1) is 10.2 Å². The predicted octanol–water partition coefficient (Wildman–Crippen LogP) is 2.98. The second kappa shape index (κ2) is 9.82. The Balaban J connectivity index is 1.54. The van der Waals surface area contributed by atoms with Gasteiger partial charge in [0.05, 0.1) is 30.4 Å². The van der Waals surface area contributed by atoms with Gasteiger partial charge in [0, 0.05) is 36.5 Å². The maximum Gasteiger partial charge on any atom is 0.270 e. The van der Waals surface area contributed by atoms with Gasteiger partial charge in [0.25, 0.3) is 5.69 Å². The Bertz CT molecular complexity index is 1070. The molecule has 0 spiro atoms. The van der Waals surface area contributed by atoms with Gasteiger partial charge in [-0.1, -0.05) is 42.1 Å². The van der Waals surface area contributed by atoms with Gasteiger partial charge < -0.3 is 4.74 Å². The molecule has 0 aliphatic carbocycles. The van der Waals surface area contributed by atoms with E-state index in [2.05, 4.69) is 15.1 Å². The first-order valence-corrected chi connectivity index (χ1v) is 10.8. The molecule has 31 heavy (non-hydrogen) atoms. The molecular weight excluding hydrogens is 418 g/mol. The molecule has 2 heterocycles. The fourth-order valence-electron chi connectivity index (χ4n) is 3.30. The molecule has 1 saturated heterocycles. The molecule has 9 nitrogen and oxygen atoms in total. The number of thioether (sulfide) groups is 1. The molecular formula is C21H21N5O4S. The van der Waals surface area contributed by atoms with Crippen LogP contribution in [0, 0.1) is 10.1 Å². The largest absolute Gasteiger partial charge is 0.379 e. The van der Waals surface area contributed by atoms with E-state index >= 15 is 0 Å². The molecule has 0 radical (unpaired) electrons. The number of hydrogen-bond donors (Lipinski definition) is 0. The number of carbonyl (C=O) groups excluding carboxylic acids is 1. The van der Waals surface area contributed by atoms with Crippen molar-refractivity contribution in [3.8, 4) is 5.69 Å². The number of nitro benzene ring substituents is 1. The van der Waals surface area contributed by atoms with Crippen molar-refractivity contribution in [3.05, 3.63) is 76.1 Å². The average Bonchev–Trinajstić information content (AvgIpc) is 3.21. The van der Waals surface area contributed by atoms with E-state index < -0.39 is 4.92 Å². The number of morpholine rings is 1. The van der Waals surface area contributed by atoms with Gasteiger partial charge in [-0.25, -0.2) is 0 Å². The number of Topliss-reactive ketones (excluding diaryl/α,β-unsaturated/α-hetero) is 1. The van der Waals surface area contributed by atoms with Crippen LogP contribution in [0.3, 0.4) is 0 Å².